The smallest absolute Gasteiger partial charge is 0.328 e. The lowest BCUT2D eigenvalue weighted by Gasteiger charge is -2.15. The summed E-state index contributed by atoms with van der Waals surface area (Å²) in [6.45, 7) is 0. The number of nitrogens with zero attached hydrogens (tertiary/aromatic N) is 2. The number of carbonyl (C=O) groups is 2. The molecule has 0 saturated carbocycles. The van der Waals surface area contributed by atoms with Gasteiger partial charge in [0.2, 0.25) is 0 Å². The largest absolute Gasteiger partial charge is 0.480 e. The molecule has 1 saturated heterocycles. The van der Waals surface area contributed by atoms with E-state index < -0.39 is 12.0 Å². The van der Waals surface area contributed by atoms with E-state index in [1.807, 2.05) is 24.3 Å². The second kappa shape index (κ2) is 6.42. The number of hydrazone groups is 1. The molecular weight excluding hydrogens is 402 g/mol. The van der Waals surface area contributed by atoms with Crippen LogP contribution in [0, 0.1) is 0 Å². The maximum Gasteiger partial charge on any atom is 0.328 e. The molecule has 1 fully saturated rings. The summed E-state index contributed by atoms with van der Waals surface area (Å²) in [5.74, 6) is -1.33. The van der Waals surface area contributed by atoms with Crippen LogP contribution in [-0.2, 0) is 9.59 Å². The van der Waals surface area contributed by atoms with Crippen molar-refractivity contribution in [3.8, 4) is 0 Å². The SMILES string of the molecule is O=C1NC(=S)S/C1=C\N1N=C(c2ccc(Br)cc2)C[C@H]1C(=O)O. The van der Waals surface area contributed by atoms with Crippen molar-refractivity contribution in [2.24, 2.45) is 5.10 Å². The van der Waals surface area contributed by atoms with Gasteiger partial charge in [-0.3, -0.25) is 9.80 Å². The molecule has 23 heavy (non-hydrogen) atoms. The number of hydrogen-bond donors (Lipinski definition) is 2. The van der Waals surface area contributed by atoms with Gasteiger partial charge in [-0.25, -0.2) is 4.79 Å². The first-order valence-corrected chi connectivity index (χ1v) is 8.55. The molecule has 2 N–H and O–H groups in total. The number of hydrogen-bond acceptors (Lipinski definition) is 6. The number of carbonyl (C=O) groups excluding carboxylic acids is 1. The zero-order valence-electron chi connectivity index (χ0n) is 11.5. The molecular formula is C14H10BrN3O3S2. The number of amides is 1. The third-order valence-corrected chi connectivity index (χ3v) is 4.98. The molecule has 0 aliphatic carbocycles. The molecule has 3 rings (SSSR count). The Labute approximate surface area is 149 Å². The maximum absolute atomic E-state index is 11.7. The van der Waals surface area contributed by atoms with Gasteiger partial charge in [-0.15, -0.1) is 0 Å². The quantitative estimate of drug-likeness (QED) is 0.586. The van der Waals surface area contributed by atoms with Gasteiger partial charge in [-0.05, 0) is 17.7 Å². The lowest BCUT2D eigenvalue weighted by molar-refractivity contribution is -0.141. The van der Waals surface area contributed by atoms with E-state index in [0.717, 1.165) is 21.8 Å². The zero-order valence-corrected chi connectivity index (χ0v) is 14.7. The Balaban J connectivity index is 1.91. The molecule has 0 bridgehead atoms. The Bertz CT molecular complexity index is 761. The molecule has 1 amide bonds. The molecule has 1 aromatic carbocycles. The number of thioether (sulfide) groups is 1. The first kappa shape index (κ1) is 16.2. The minimum absolute atomic E-state index is 0.261. The summed E-state index contributed by atoms with van der Waals surface area (Å²) in [4.78, 5) is 23.5. The van der Waals surface area contributed by atoms with E-state index in [9.17, 15) is 14.7 Å². The van der Waals surface area contributed by atoms with E-state index in [4.69, 9.17) is 12.2 Å². The van der Waals surface area contributed by atoms with Crippen LogP contribution in [-0.4, -0.2) is 38.1 Å². The zero-order chi connectivity index (χ0) is 16.6. The van der Waals surface area contributed by atoms with E-state index in [1.54, 1.807) is 0 Å². The van der Waals surface area contributed by atoms with Crippen molar-refractivity contribution >= 4 is 61.8 Å². The van der Waals surface area contributed by atoms with Gasteiger partial charge in [0.15, 0.2) is 6.04 Å². The highest BCUT2D eigenvalue weighted by atomic mass is 79.9. The van der Waals surface area contributed by atoms with Crippen LogP contribution in [0.15, 0.2) is 44.9 Å². The normalized spacial score (nSPS) is 22.5. The minimum Gasteiger partial charge on any atom is -0.480 e. The molecule has 2 aliphatic heterocycles. The van der Waals surface area contributed by atoms with E-state index >= 15 is 0 Å². The number of carboxylic acid groups (broad SMARTS) is 1. The highest BCUT2D eigenvalue weighted by molar-refractivity contribution is 9.10. The highest BCUT2D eigenvalue weighted by Crippen LogP contribution is 2.28. The molecule has 118 valence electrons. The molecule has 2 aliphatic rings. The van der Waals surface area contributed by atoms with Gasteiger partial charge in [-0.2, -0.15) is 5.10 Å². The molecule has 0 aromatic heterocycles. The molecule has 1 aromatic rings. The number of aliphatic carboxylic acids is 1. The van der Waals surface area contributed by atoms with Gasteiger partial charge in [-0.1, -0.05) is 52.0 Å². The van der Waals surface area contributed by atoms with Crippen LogP contribution >= 0.6 is 39.9 Å². The Kier molecular flexibility index (Phi) is 4.51. The highest BCUT2D eigenvalue weighted by Gasteiger charge is 2.34. The van der Waals surface area contributed by atoms with Crippen LogP contribution in [0.5, 0.6) is 0 Å². The molecule has 0 unspecified atom stereocenters. The number of carboxylic acids is 1. The van der Waals surface area contributed by atoms with Gasteiger partial charge in [0, 0.05) is 17.1 Å². The van der Waals surface area contributed by atoms with Crippen LogP contribution < -0.4 is 5.32 Å². The number of nitrogens with one attached hydrogen (secondary N) is 1. The maximum atomic E-state index is 11.7. The van der Waals surface area contributed by atoms with Crippen molar-refractivity contribution in [1.29, 1.82) is 0 Å². The first-order chi connectivity index (χ1) is 10.9. The van der Waals surface area contributed by atoms with E-state index in [1.165, 1.54) is 11.2 Å². The summed E-state index contributed by atoms with van der Waals surface area (Å²) in [6.07, 6.45) is 1.70. The first-order valence-electron chi connectivity index (χ1n) is 6.53. The second-order valence-corrected chi connectivity index (χ2v) is 7.46. The monoisotopic (exact) mass is 411 g/mol. The van der Waals surface area contributed by atoms with Crippen LogP contribution in [0.3, 0.4) is 0 Å². The topological polar surface area (TPSA) is 82.0 Å². The van der Waals surface area contributed by atoms with Gasteiger partial charge in [0.1, 0.15) is 4.32 Å². The molecule has 0 spiro atoms. The number of halogens is 1. The van der Waals surface area contributed by atoms with Crippen molar-refractivity contribution in [1.82, 2.24) is 10.3 Å². The van der Waals surface area contributed by atoms with E-state index in [0.29, 0.717) is 14.9 Å². The minimum atomic E-state index is -0.997. The molecule has 0 radical (unpaired) electrons. The molecule has 6 nitrogen and oxygen atoms in total. The van der Waals surface area contributed by atoms with Crippen molar-refractivity contribution in [2.45, 2.75) is 12.5 Å². The Morgan fingerprint density at radius 1 is 1.48 bits per heavy atom. The van der Waals surface area contributed by atoms with E-state index in [-0.39, 0.29) is 12.3 Å². The van der Waals surface area contributed by atoms with Crippen LogP contribution in [0.25, 0.3) is 0 Å². The third kappa shape index (κ3) is 3.46. The Morgan fingerprint density at radius 2 is 2.17 bits per heavy atom. The summed E-state index contributed by atoms with van der Waals surface area (Å²) in [7, 11) is 0. The predicted octanol–water partition coefficient (Wildman–Crippen LogP) is 2.30. The average Bonchev–Trinajstić information content (AvgIpc) is 3.04. The number of benzene rings is 1. The van der Waals surface area contributed by atoms with Crippen molar-refractivity contribution in [3.63, 3.8) is 0 Å². The summed E-state index contributed by atoms with van der Waals surface area (Å²) in [6, 6.07) is 6.62. The second-order valence-electron chi connectivity index (χ2n) is 4.83. The fraction of sp³-hybridized carbons (Fsp3) is 0.143. The van der Waals surface area contributed by atoms with Crippen molar-refractivity contribution in [3.05, 3.63) is 45.4 Å². The van der Waals surface area contributed by atoms with Crippen LogP contribution in [0.4, 0.5) is 0 Å². The Hall–Kier alpha value is -1.71. The van der Waals surface area contributed by atoms with Crippen molar-refractivity contribution < 1.29 is 14.7 Å². The number of thiocarbonyl (C=S) groups is 1. The molecule has 1 atom stereocenters. The van der Waals surface area contributed by atoms with Gasteiger partial charge >= 0.3 is 5.97 Å². The summed E-state index contributed by atoms with van der Waals surface area (Å²) >= 11 is 9.38. The van der Waals surface area contributed by atoms with E-state index in [2.05, 4.69) is 26.3 Å². The summed E-state index contributed by atoms with van der Waals surface area (Å²) in [5, 5.41) is 17.6. The molecule has 2 heterocycles. The summed E-state index contributed by atoms with van der Waals surface area (Å²) < 4.78 is 1.28. The van der Waals surface area contributed by atoms with Crippen molar-refractivity contribution in [2.75, 3.05) is 0 Å². The number of rotatable bonds is 3. The lowest BCUT2D eigenvalue weighted by atomic mass is 10.0. The predicted molar refractivity (Wildman–Crippen MR) is 95.0 cm³/mol. The lowest BCUT2D eigenvalue weighted by Crippen LogP contribution is -2.31. The standard InChI is InChI=1S/C14H10BrN3O3S2/c15-8-3-1-7(2-4-8)9-5-10(13(20)21)18(17-9)6-11-12(19)16-14(22)23-11/h1-4,6,10H,5H2,(H,20,21)(H,16,19,22)/b11-6-/t10-/m0/s1. The van der Waals surface area contributed by atoms with Gasteiger partial charge in [0.25, 0.3) is 5.91 Å². The fourth-order valence-electron chi connectivity index (χ4n) is 2.19. The Morgan fingerprint density at radius 3 is 2.74 bits per heavy atom. The molecule has 9 heteroatoms. The van der Waals surface area contributed by atoms with Gasteiger partial charge in [0.05, 0.1) is 10.6 Å². The summed E-state index contributed by atoms with van der Waals surface area (Å²) in [5.41, 5.74) is 1.51. The van der Waals surface area contributed by atoms with Gasteiger partial charge < -0.3 is 10.4 Å². The third-order valence-electron chi connectivity index (χ3n) is 3.30. The van der Waals surface area contributed by atoms with Crippen LogP contribution in [0.2, 0.25) is 0 Å². The average molecular weight is 412 g/mol. The van der Waals surface area contributed by atoms with Crippen LogP contribution in [0.1, 0.15) is 12.0 Å². The fourth-order valence-corrected chi connectivity index (χ4v) is 3.47.